The smallest absolute Gasteiger partial charge is 0.165 e. The van der Waals surface area contributed by atoms with Gasteiger partial charge in [0, 0.05) is 29.9 Å². The van der Waals surface area contributed by atoms with Crippen molar-refractivity contribution in [2.75, 3.05) is 12.4 Å². The van der Waals surface area contributed by atoms with E-state index >= 15 is 0 Å². The molecule has 0 aromatic heterocycles. The molecule has 0 spiro atoms. The third-order valence-electron chi connectivity index (χ3n) is 2.04. The summed E-state index contributed by atoms with van der Waals surface area (Å²) in [5.74, 6) is -0.344. The lowest BCUT2D eigenvalue weighted by Crippen LogP contribution is -1.94. The molecule has 1 rings (SSSR count). The van der Waals surface area contributed by atoms with Crippen LogP contribution in [0.1, 0.15) is 31.4 Å². The fourth-order valence-corrected chi connectivity index (χ4v) is 1.33. The van der Waals surface area contributed by atoms with Gasteiger partial charge in [-0.25, -0.2) is 0 Å². The second kappa shape index (κ2) is 15.6. The average molecular weight is 293 g/mol. The third-order valence-corrected chi connectivity index (χ3v) is 2.04. The summed E-state index contributed by atoms with van der Waals surface area (Å²) in [6.07, 6.45) is 4.33. The van der Waals surface area contributed by atoms with E-state index < -0.39 is 0 Å². The molecule has 1 aromatic rings. The second-order valence-electron chi connectivity index (χ2n) is 3.48. The van der Waals surface area contributed by atoms with Crippen LogP contribution in [0.4, 0.5) is 5.69 Å². The topological polar surface area (TPSA) is 69.6 Å². The molecule has 0 unspecified atom stereocenters. The predicted molar refractivity (Wildman–Crippen MR) is 93.8 cm³/mol. The highest BCUT2D eigenvalue weighted by Crippen LogP contribution is 2.37. The Morgan fingerprint density at radius 3 is 1.76 bits per heavy atom. The molecule has 0 aliphatic rings. The first-order valence-corrected chi connectivity index (χ1v) is 6.37. The number of rotatable bonds is 3. The number of nitrogens with one attached hydrogen (secondary N) is 1. The quantitative estimate of drug-likeness (QED) is 0.437. The molecule has 0 saturated heterocycles. The number of hydrogen-bond donors (Lipinski definition) is 3. The zero-order chi connectivity index (χ0) is 17.4. The van der Waals surface area contributed by atoms with Crippen LogP contribution in [0.25, 0.3) is 12.2 Å². The van der Waals surface area contributed by atoms with Gasteiger partial charge in [-0.1, -0.05) is 45.6 Å². The molecular formula is C17H27NO3. The standard InChI is InChI=1S/C11H13NO2.C3H8.C2H4.CH2O/c1-4-7-8(5-2)11(14)10(13)6-9(7)12-3;1-3-2;2*1-2/h4-6,12-14H,1-2H2,3H3;3H2,1-2H3;1-2H2;1H2. The van der Waals surface area contributed by atoms with Crippen LogP contribution in [0.5, 0.6) is 11.5 Å². The molecule has 0 bridgehead atoms. The Morgan fingerprint density at radius 1 is 1.10 bits per heavy atom. The Hall–Kier alpha value is -2.49. The van der Waals surface area contributed by atoms with Crippen molar-refractivity contribution in [1.29, 1.82) is 0 Å². The summed E-state index contributed by atoms with van der Waals surface area (Å²) < 4.78 is 0. The lowest BCUT2D eigenvalue weighted by molar-refractivity contribution is -0.0979. The molecule has 4 heteroatoms. The lowest BCUT2D eigenvalue weighted by atomic mass is 10.0. The number of benzene rings is 1. The number of carbonyl (C=O) groups excluding carboxylic acids is 1. The fourth-order valence-electron chi connectivity index (χ4n) is 1.33. The maximum atomic E-state index is 9.53. The van der Waals surface area contributed by atoms with E-state index in [9.17, 15) is 10.2 Å². The number of hydrogen-bond acceptors (Lipinski definition) is 4. The molecule has 0 saturated carbocycles. The fraction of sp³-hybridized carbons (Fsp3) is 0.235. The minimum absolute atomic E-state index is 0.171. The van der Waals surface area contributed by atoms with Crippen LogP contribution in [0.15, 0.2) is 32.4 Å². The zero-order valence-electron chi connectivity index (χ0n) is 13.3. The van der Waals surface area contributed by atoms with Crippen LogP contribution < -0.4 is 5.32 Å². The van der Waals surface area contributed by atoms with Crippen LogP contribution in [0.2, 0.25) is 0 Å². The van der Waals surface area contributed by atoms with Crippen molar-refractivity contribution in [3.63, 3.8) is 0 Å². The van der Waals surface area contributed by atoms with Gasteiger partial charge in [-0.2, -0.15) is 0 Å². The second-order valence-corrected chi connectivity index (χ2v) is 3.48. The van der Waals surface area contributed by atoms with Gasteiger partial charge in [-0.05, 0) is 0 Å². The van der Waals surface area contributed by atoms with Crippen LogP contribution in [-0.2, 0) is 4.79 Å². The maximum Gasteiger partial charge on any atom is 0.165 e. The molecule has 21 heavy (non-hydrogen) atoms. The van der Waals surface area contributed by atoms with Crippen molar-refractivity contribution in [2.24, 2.45) is 0 Å². The van der Waals surface area contributed by atoms with E-state index in [0.717, 1.165) is 5.56 Å². The summed E-state index contributed by atoms with van der Waals surface area (Å²) in [6, 6.07) is 1.44. The summed E-state index contributed by atoms with van der Waals surface area (Å²) in [5, 5.41) is 21.8. The van der Waals surface area contributed by atoms with Gasteiger partial charge in [0.05, 0.1) is 0 Å². The molecule has 0 aliphatic heterocycles. The van der Waals surface area contributed by atoms with Crippen molar-refractivity contribution >= 4 is 24.6 Å². The van der Waals surface area contributed by atoms with E-state index in [2.05, 4.69) is 45.5 Å². The first-order valence-electron chi connectivity index (χ1n) is 6.37. The van der Waals surface area contributed by atoms with E-state index in [-0.39, 0.29) is 11.5 Å². The van der Waals surface area contributed by atoms with E-state index in [4.69, 9.17) is 4.79 Å². The van der Waals surface area contributed by atoms with Crippen LogP contribution in [0.3, 0.4) is 0 Å². The normalized spacial score (nSPS) is 7.57. The van der Waals surface area contributed by atoms with Crippen molar-refractivity contribution in [2.45, 2.75) is 20.3 Å². The SMILES string of the molecule is C=C.C=Cc1c(NC)cc(O)c(O)c1C=C.C=O.CCC. The zero-order valence-corrected chi connectivity index (χ0v) is 13.3. The average Bonchev–Trinajstić information content (AvgIpc) is 2.53. The molecular weight excluding hydrogens is 266 g/mol. The molecule has 0 radical (unpaired) electrons. The number of phenolic OH excluding ortho intramolecular Hbond substituents is 2. The van der Waals surface area contributed by atoms with Gasteiger partial charge in [0.1, 0.15) is 6.79 Å². The van der Waals surface area contributed by atoms with E-state index in [0.29, 0.717) is 11.3 Å². The number of aromatic hydroxyl groups is 2. The van der Waals surface area contributed by atoms with Gasteiger partial charge < -0.3 is 20.3 Å². The summed E-state index contributed by atoms with van der Waals surface area (Å²) in [6.45, 7) is 19.5. The van der Waals surface area contributed by atoms with Crippen LogP contribution >= 0.6 is 0 Å². The molecule has 4 nitrogen and oxygen atoms in total. The Balaban J connectivity index is -0.000000399. The number of anilines is 1. The minimum atomic E-state index is -0.172. The summed E-state index contributed by atoms with van der Waals surface area (Å²) >= 11 is 0. The van der Waals surface area contributed by atoms with Gasteiger partial charge in [0.2, 0.25) is 0 Å². The summed E-state index contributed by atoms with van der Waals surface area (Å²) in [4.78, 5) is 8.00. The summed E-state index contributed by atoms with van der Waals surface area (Å²) in [7, 11) is 1.73. The Kier molecular flexibility index (Phi) is 17.5. The van der Waals surface area contributed by atoms with Gasteiger partial charge in [0.15, 0.2) is 11.5 Å². The monoisotopic (exact) mass is 293 g/mol. The molecule has 0 fully saturated rings. The highest BCUT2D eigenvalue weighted by Gasteiger charge is 2.11. The van der Waals surface area contributed by atoms with Crippen molar-refractivity contribution in [1.82, 2.24) is 0 Å². The lowest BCUT2D eigenvalue weighted by Gasteiger charge is -2.11. The molecule has 0 amide bonds. The van der Waals surface area contributed by atoms with Gasteiger partial charge in [0.25, 0.3) is 0 Å². The molecule has 0 atom stereocenters. The highest BCUT2D eigenvalue weighted by atomic mass is 16.3. The van der Waals surface area contributed by atoms with Crippen LogP contribution in [0, 0.1) is 0 Å². The largest absolute Gasteiger partial charge is 0.504 e. The number of carbonyl (C=O) groups is 1. The van der Waals surface area contributed by atoms with Crippen molar-refractivity contribution in [3.05, 3.63) is 43.5 Å². The van der Waals surface area contributed by atoms with Gasteiger partial charge >= 0.3 is 0 Å². The summed E-state index contributed by atoms with van der Waals surface area (Å²) in [5.41, 5.74) is 1.90. The maximum absolute atomic E-state index is 9.53. The number of phenols is 2. The minimum Gasteiger partial charge on any atom is -0.504 e. The molecule has 1 aromatic carbocycles. The first-order chi connectivity index (χ1) is 10.1. The van der Waals surface area contributed by atoms with Gasteiger partial charge in [-0.15, -0.1) is 13.2 Å². The predicted octanol–water partition coefficient (Wildman–Crippen LogP) is 4.46. The molecule has 0 aliphatic carbocycles. The Morgan fingerprint density at radius 2 is 1.48 bits per heavy atom. The van der Waals surface area contributed by atoms with E-state index in [1.165, 1.54) is 18.6 Å². The third kappa shape index (κ3) is 7.62. The Bertz CT molecular complexity index is 427. The molecule has 3 N–H and O–H groups in total. The molecule has 0 heterocycles. The van der Waals surface area contributed by atoms with E-state index in [1.807, 2.05) is 6.79 Å². The Labute approximate surface area is 128 Å². The van der Waals surface area contributed by atoms with Crippen molar-refractivity contribution in [3.8, 4) is 11.5 Å². The van der Waals surface area contributed by atoms with E-state index in [1.54, 1.807) is 13.1 Å². The van der Waals surface area contributed by atoms with Gasteiger partial charge in [-0.3, -0.25) is 0 Å². The highest BCUT2D eigenvalue weighted by molar-refractivity contribution is 5.80. The van der Waals surface area contributed by atoms with Crippen molar-refractivity contribution < 1.29 is 15.0 Å². The molecule has 118 valence electrons. The van der Waals surface area contributed by atoms with Crippen LogP contribution in [-0.4, -0.2) is 24.0 Å². The first kappa shape index (κ1) is 23.6.